The fourth-order valence-electron chi connectivity index (χ4n) is 4.79. The van der Waals surface area contributed by atoms with Crippen molar-refractivity contribution in [2.75, 3.05) is 0 Å². The van der Waals surface area contributed by atoms with Crippen molar-refractivity contribution in [2.24, 2.45) is 0 Å². The Morgan fingerprint density at radius 2 is 1.91 bits per heavy atom. The minimum Gasteiger partial charge on any atom is -0.352 e. The summed E-state index contributed by atoms with van der Waals surface area (Å²) in [5.41, 5.74) is 2.24. The number of hydrogen-bond donors (Lipinski definition) is 1. The molecule has 1 N–H and O–H groups in total. The van der Waals surface area contributed by atoms with Crippen LogP contribution >= 0.6 is 11.8 Å². The van der Waals surface area contributed by atoms with Gasteiger partial charge in [0, 0.05) is 18.3 Å². The van der Waals surface area contributed by atoms with Crippen LogP contribution in [0, 0.1) is 0 Å². The number of amides is 1. The highest BCUT2D eigenvalue weighted by molar-refractivity contribution is 8.00. The zero-order valence-corrected chi connectivity index (χ0v) is 19.2. The summed E-state index contributed by atoms with van der Waals surface area (Å²) in [5.74, 6) is 0.531. The molecule has 1 atom stereocenters. The van der Waals surface area contributed by atoms with Gasteiger partial charge in [0.15, 0.2) is 11.0 Å². The maximum Gasteiger partial charge on any atom is 0.284 e. The van der Waals surface area contributed by atoms with Crippen LogP contribution in [0.4, 0.5) is 0 Å². The average Bonchev–Trinajstić information content (AvgIpc) is 3.34. The van der Waals surface area contributed by atoms with E-state index in [9.17, 15) is 9.59 Å². The molecule has 1 unspecified atom stereocenters. The van der Waals surface area contributed by atoms with Crippen LogP contribution in [0.1, 0.15) is 57.6 Å². The van der Waals surface area contributed by atoms with Gasteiger partial charge in [-0.2, -0.15) is 4.68 Å². The lowest BCUT2D eigenvalue weighted by atomic mass is 10.1. The molecule has 1 amide bonds. The maximum absolute atomic E-state index is 13.3. The Bertz CT molecular complexity index is 1130. The van der Waals surface area contributed by atoms with Gasteiger partial charge < -0.3 is 9.88 Å². The fourth-order valence-corrected chi connectivity index (χ4v) is 5.75. The van der Waals surface area contributed by atoms with Gasteiger partial charge in [-0.15, -0.1) is 5.10 Å². The van der Waals surface area contributed by atoms with Crippen LogP contribution < -0.4 is 10.9 Å². The summed E-state index contributed by atoms with van der Waals surface area (Å²) < 4.78 is 3.62. The lowest BCUT2D eigenvalue weighted by Crippen LogP contribution is -2.37. The third kappa shape index (κ3) is 4.08. The minimum absolute atomic E-state index is 0.0612. The summed E-state index contributed by atoms with van der Waals surface area (Å²) in [6, 6.07) is 9.78. The van der Waals surface area contributed by atoms with E-state index in [2.05, 4.69) is 15.0 Å². The molecule has 0 saturated heterocycles. The third-order valence-electron chi connectivity index (χ3n) is 6.52. The number of carbonyl (C=O) groups is 1. The van der Waals surface area contributed by atoms with Crippen molar-refractivity contribution in [3.8, 4) is 17.1 Å². The van der Waals surface area contributed by atoms with Crippen LogP contribution in [0.5, 0.6) is 0 Å². The van der Waals surface area contributed by atoms with Crippen molar-refractivity contribution in [3.63, 3.8) is 0 Å². The number of nitrogens with one attached hydrogen (secondary N) is 1. The lowest BCUT2D eigenvalue weighted by Gasteiger charge is -2.20. The van der Waals surface area contributed by atoms with Crippen LogP contribution in [-0.2, 0) is 17.8 Å². The van der Waals surface area contributed by atoms with E-state index >= 15 is 0 Å². The van der Waals surface area contributed by atoms with Crippen LogP contribution in [0.3, 0.4) is 0 Å². The van der Waals surface area contributed by atoms with Crippen LogP contribution in [-0.4, -0.2) is 36.5 Å². The van der Waals surface area contributed by atoms with Gasteiger partial charge in [-0.3, -0.25) is 9.59 Å². The summed E-state index contributed by atoms with van der Waals surface area (Å²) in [6.07, 6.45) is 8.54. The van der Waals surface area contributed by atoms with E-state index in [1.54, 1.807) is 0 Å². The molecule has 1 aliphatic carbocycles. The maximum atomic E-state index is 13.3. The molecule has 7 nitrogen and oxygen atoms in total. The molecular weight excluding hydrogens is 422 g/mol. The molecule has 1 fully saturated rings. The first-order valence-electron chi connectivity index (χ1n) is 11.7. The van der Waals surface area contributed by atoms with E-state index in [-0.39, 0.29) is 16.7 Å². The molecule has 32 heavy (non-hydrogen) atoms. The highest BCUT2D eigenvalue weighted by Gasteiger charge is 2.29. The van der Waals surface area contributed by atoms with Gasteiger partial charge in [0.1, 0.15) is 5.56 Å². The van der Waals surface area contributed by atoms with Gasteiger partial charge in [0.25, 0.3) is 5.56 Å². The molecule has 168 valence electrons. The quantitative estimate of drug-likeness (QED) is 0.471. The van der Waals surface area contributed by atoms with Crippen molar-refractivity contribution in [1.29, 1.82) is 0 Å². The molecule has 4 aliphatic rings. The van der Waals surface area contributed by atoms with E-state index in [0.717, 1.165) is 61.6 Å². The standard InChI is InChI=1S/C24H29N5O2S/c1-16(22(30)25-17-10-7-8-11-17)32-24-26-21-20(19-14-6-3-9-15-28(19)24)23(31)29(27-21)18-12-4-2-5-13-18/h2,4-5,12-13,16-17H,3,6-11,14-15H2,1H3,(H,25,30). The van der Waals surface area contributed by atoms with E-state index in [1.165, 1.54) is 29.3 Å². The molecule has 3 heterocycles. The van der Waals surface area contributed by atoms with E-state index < -0.39 is 0 Å². The number of hydrogen-bond acceptors (Lipinski definition) is 5. The normalized spacial score (nSPS) is 17.8. The Morgan fingerprint density at radius 1 is 1.12 bits per heavy atom. The molecule has 1 aromatic rings. The molecule has 3 aliphatic heterocycles. The number of benzene rings is 1. The van der Waals surface area contributed by atoms with Crippen molar-refractivity contribution >= 4 is 17.7 Å². The predicted molar refractivity (Wildman–Crippen MR) is 126 cm³/mol. The fraction of sp³-hybridized carbons (Fsp3) is 0.500. The predicted octanol–water partition coefficient (Wildman–Crippen LogP) is 3.80. The molecule has 0 aromatic heterocycles. The Balaban J connectivity index is 1.52. The Kier molecular flexibility index (Phi) is 6.04. The monoisotopic (exact) mass is 451 g/mol. The third-order valence-corrected chi connectivity index (χ3v) is 7.61. The second-order valence-corrected chi connectivity index (χ2v) is 10.1. The first-order chi connectivity index (χ1) is 15.6. The summed E-state index contributed by atoms with van der Waals surface area (Å²) in [5, 5.41) is 8.30. The summed E-state index contributed by atoms with van der Waals surface area (Å²) >= 11 is 1.47. The van der Waals surface area contributed by atoms with Crippen LogP contribution in [0.25, 0.3) is 17.1 Å². The second kappa shape index (κ2) is 9.10. The number of para-hydroxylation sites is 1. The van der Waals surface area contributed by atoms with Gasteiger partial charge >= 0.3 is 0 Å². The van der Waals surface area contributed by atoms with Crippen molar-refractivity contribution in [3.05, 3.63) is 46.4 Å². The molecule has 0 radical (unpaired) electrons. The Labute approximate surface area is 192 Å². The summed E-state index contributed by atoms with van der Waals surface area (Å²) in [4.78, 5) is 30.9. The first-order valence-corrected chi connectivity index (χ1v) is 12.5. The molecule has 1 saturated carbocycles. The molecule has 5 rings (SSSR count). The molecule has 1 aromatic carbocycles. The highest BCUT2D eigenvalue weighted by atomic mass is 32.2. The van der Waals surface area contributed by atoms with E-state index in [4.69, 9.17) is 4.98 Å². The number of rotatable bonds is 5. The summed E-state index contributed by atoms with van der Waals surface area (Å²) in [6.45, 7) is 2.75. The number of fused-ring (bicyclic) bond motifs is 3. The molecule has 0 spiro atoms. The number of carbonyl (C=O) groups excluding carboxylic acids is 1. The second-order valence-electron chi connectivity index (χ2n) is 8.80. The lowest BCUT2D eigenvalue weighted by molar-refractivity contribution is -0.120. The largest absolute Gasteiger partial charge is 0.352 e. The number of thioether (sulfide) groups is 1. The Hall–Kier alpha value is -2.61. The van der Waals surface area contributed by atoms with Gasteiger partial charge in [-0.1, -0.05) is 49.2 Å². The van der Waals surface area contributed by atoms with E-state index in [1.807, 2.05) is 37.3 Å². The summed E-state index contributed by atoms with van der Waals surface area (Å²) in [7, 11) is 0. The van der Waals surface area contributed by atoms with Gasteiger partial charge in [0.2, 0.25) is 5.91 Å². The van der Waals surface area contributed by atoms with Gasteiger partial charge in [-0.05, 0) is 51.2 Å². The smallest absolute Gasteiger partial charge is 0.284 e. The molecule has 0 bridgehead atoms. The highest BCUT2D eigenvalue weighted by Crippen LogP contribution is 2.32. The van der Waals surface area contributed by atoms with Crippen LogP contribution in [0.2, 0.25) is 0 Å². The zero-order valence-electron chi connectivity index (χ0n) is 18.4. The van der Waals surface area contributed by atoms with Crippen molar-refractivity contribution < 1.29 is 4.79 Å². The van der Waals surface area contributed by atoms with Crippen LogP contribution in [0.15, 0.2) is 40.3 Å². The molecule has 8 heteroatoms. The Morgan fingerprint density at radius 3 is 2.69 bits per heavy atom. The van der Waals surface area contributed by atoms with Gasteiger partial charge in [-0.25, -0.2) is 4.98 Å². The molecular formula is C24H29N5O2S. The van der Waals surface area contributed by atoms with Crippen molar-refractivity contribution in [1.82, 2.24) is 24.6 Å². The van der Waals surface area contributed by atoms with E-state index in [0.29, 0.717) is 17.4 Å². The SMILES string of the molecule is CC(Sc1nc2nn(-c3ccccc3)c(=O)c-2c2n1CCCCC2)C(=O)NC1CCCC1. The zero-order chi connectivity index (χ0) is 22.1. The van der Waals surface area contributed by atoms with Gasteiger partial charge in [0.05, 0.1) is 10.9 Å². The topological polar surface area (TPSA) is 81.8 Å². The first kappa shape index (κ1) is 21.2. The average molecular weight is 452 g/mol. The number of nitrogens with zero attached hydrogens (tertiary/aromatic N) is 4. The minimum atomic E-state index is -0.261. The van der Waals surface area contributed by atoms with Crippen molar-refractivity contribution in [2.45, 2.75) is 81.3 Å². The number of aromatic nitrogens is 4.